The van der Waals surface area contributed by atoms with E-state index >= 15 is 0 Å². The van der Waals surface area contributed by atoms with Crippen molar-refractivity contribution in [1.29, 1.82) is 5.26 Å². The van der Waals surface area contributed by atoms with E-state index in [1.54, 1.807) is 6.08 Å². The number of hydrogen-bond donors (Lipinski definition) is 0. The Morgan fingerprint density at radius 2 is 1.80 bits per heavy atom. The highest BCUT2D eigenvalue weighted by Gasteiger charge is 2.14. The fraction of sp³-hybridized carbons (Fsp3) is 0.0476. The number of fused-ring (bicyclic) bond motifs is 5. The molecule has 118 valence electrons. The Morgan fingerprint density at radius 1 is 1.08 bits per heavy atom. The van der Waals surface area contributed by atoms with Gasteiger partial charge in [0, 0.05) is 6.54 Å². The average Bonchev–Trinajstić information content (AvgIpc) is 3.17. The molecule has 0 saturated carbocycles. The number of allylic oxidation sites excluding steroid dienone is 4. The predicted octanol–water partition coefficient (Wildman–Crippen LogP) is 4.08. The third-order valence-corrected chi connectivity index (χ3v) is 4.16. The summed E-state index contributed by atoms with van der Waals surface area (Å²) >= 11 is 0. The molecule has 4 aromatic rings. The standard InChI is InChI=1S/C21H14N4/c1-2-16(15-22)9-7-8-14-24-19-12-5-6-13-20(19)25-18-11-4-3-10-17(18)23-21(24)25/h1,3-13H,14H2/b8-7-,16-9+. The molecule has 0 atom stereocenters. The molecule has 0 aliphatic rings. The van der Waals surface area contributed by atoms with E-state index in [9.17, 15) is 0 Å². The second-order valence-corrected chi connectivity index (χ2v) is 5.60. The summed E-state index contributed by atoms with van der Waals surface area (Å²) in [7, 11) is 0. The summed E-state index contributed by atoms with van der Waals surface area (Å²) in [6.07, 6.45) is 10.7. The van der Waals surface area contributed by atoms with Gasteiger partial charge in [-0.25, -0.2) is 4.98 Å². The van der Waals surface area contributed by atoms with Crippen LogP contribution < -0.4 is 0 Å². The van der Waals surface area contributed by atoms with Crippen molar-refractivity contribution in [3.05, 3.63) is 72.3 Å². The fourth-order valence-corrected chi connectivity index (χ4v) is 3.05. The molecule has 0 aliphatic heterocycles. The molecular weight excluding hydrogens is 308 g/mol. The minimum atomic E-state index is 0.310. The molecule has 4 heteroatoms. The quantitative estimate of drug-likeness (QED) is 0.324. The smallest absolute Gasteiger partial charge is 0.216 e. The first-order valence-corrected chi connectivity index (χ1v) is 7.91. The zero-order valence-corrected chi connectivity index (χ0v) is 13.4. The first-order chi connectivity index (χ1) is 12.3. The summed E-state index contributed by atoms with van der Waals surface area (Å²) in [6.45, 7) is 0.639. The number of rotatable bonds is 3. The lowest BCUT2D eigenvalue weighted by Crippen LogP contribution is -1.95. The second-order valence-electron chi connectivity index (χ2n) is 5.60. The van der Waals surface area contributed by atoms with Crippen LogP contribution in [0.1, 0.15) is 0 Å². The molecule has 0 radical (unpaired) electrons. The molecule has 25 heavy (non-hydrogen) atoms. The number of terminal acetylenes is 1. The number of aromatic nitrogens is 3. The van der Waals surface area contributed by atoms with Crippen LogP contribution in [0.2, 0.25) is 0 Å². The Bertz CT molecular complexity index is 1220. The molecule has 2 heterocycles. The highest BCUT2D eigenvalue weighted by molar-refractivity contribution is 5.90. The Kier molecular flexibility index (Phi) is 3.57. The summed E-state index contributed by atoms with van der Waals surface area (Å²) in [5.74, 6) is 3.24. The van der Waals surface area contributed by atoms with Gasteiger partial charge in [0.25, 0.3) is 0 Å². The molecular formula is C21H14N4. The number of para-hydroxylation sites is 4. The third kappa shape index (κ3) is 2.38. The van der Waals surface area contributed by atoms with Crippen LogP contribution in [0.5, 0.6) is 0 Å². The summed E-state index contributed by atoms with van der Waals surface area (Å²) in [5, 5.41) is 8.86. The SMILES string of the molecule is C#C/C(C#N)=C\C=C/Cn1c2ccccc2n2c3ccccc3nc12. The first kappa shape index (κ1) is 14.8. The van der Waals surface area contributed by atoms with E-state index < -0.39 is 0 Å². The van der Waals surface area contributed by atoms with Crippen molar-refractivity contribution < 1.29 is 0 Å². The van der Waals surface area contributed by atoms with Crippen LogP contribution in [-0.4, -0.2) is 14.0 Å². The van der Waals surface area contributed by atoms with Gasteiger partial charge in [-0.15, -0.1) is 6.42 Å². The van der Waals surface area contributed by atoms with Crippen LogP contribution in [0.4, 0.5) is 0 Å². The van der Waals surface area contributed by atoms with E-state index in [-0.39, 0.29) is 0 Å². The summed E-state index contributed by atoms with van der Waals surface area (Å²) in [6, 6.07) is 18.3. The lowest BCUT2D eigenvalue weighted by molar-refractivity contribution is 0.873. The van der Waals surface area contributed by atoms with Gasteiger partial charge >= 0.3 is 0 Å². The van der Waals surface area contributed by atoms with Crippen LogP contribution in [0.25, 0.3) is 27.8 Å². The van der Waals surface area contributed by atoms with Crippen molar-refractivity contribution in [3.8, 4) is 18.4 Å². The van der Waals surface area contributed by atoms with E-state index in [1.807, 2.05) is 48.6 Å². The molecule has 0 aliphatic carbocycles. The molecule has 2 aromatic heterocycles. The number of nitrogens with zero attached hydrogens (tertiary/aromatic N) is 4. The normalized spacial score (nSPS) is 12.2. The molecule has 4 nitrogen and oxygen atoms in total. The summed E-state index contributed by atoms with van der Waals surface area (Å²) in [4.78, 5) is 4.79. The van der Waals surface area contributed by atoms with Gasteiger partial charge in [-0.3, -0.25) is 4.40 Å². The number of benzene rings is 2. The van der Waals surface area contributed by atoms with E-state index in [4.69, 9.17) is 16.7 Å². The fourth-order valence-electron chi connectivity index (χ4n) is 3.05. The van der Waals surface area contributed by atoms with Crippen LogP contribution in [0.15, 0.2) is 72.3 Å². The van der Waals surface area contributed by atoms with Gasteiger partial charge in [0.05, 0.1) is 22.1 Å². The lowest BCUT2D eigenvalue weighted by Gasteiger charge is -2.00. The zero-order valence-electron chi connectivity index (χ0n) is 13.4. The molecule has 0 fully saturated rings. The minimum Gasteiger partial charge on any atom is -0.306 e. The van der Waals surface area contributed by atoms with Gasteiger partial charge < -0.3 is 4.57 Å². The first-order valence-electron chi connectivity index (χ1n) is 7.91. The van der Waals surface area contributed by atoms with Gasteiger partial charge in [-0.05, 0) is 30.3 Å². The van der Waals surface area contributed by atoms with Gasteiger partial charge in [0.1, 0.15) is 11.6 Å². The monoisotopic (exact) mass is 322 g/mol. The largest absolute Gasteiger partial charge is 0.306 e. The van der Waals surface area contributed by atoms with Crippen molar-refractivity contribution in [2.75, 3.05) is 0 Å². The van der Waals surface area contributed by atoms with Crippen molar-refractivity contribution in [2.45, 2.75) is 6.54 Å². The van der Waals surface area contributed by atoms with Crippen molar-refractivity contribution in [1.82, 2.24) is 14.0 Å². The molecule has 0 amide bonds. The van der Waals surface area contributed by atoms with Crippen LogP contribution in [0, 0.1) is 23.7 Å². The maximum Gasteiger partial charge on any atom is 0.216 e. The Labute approximate surface area is 144 Å². The van der Waals surface area contributed by atoms with Crippen molar-refractivity contribution in [2.24, 2.45) is 0 Å². The number of hydrogen-bond acceptors (Lipinski definition) is 2. The van der Waals surface area contributed by atoms with E-state index in [0.29, 0.717) is 12.1 Å². The van der Waals surface area contributed by atoms with Gasteiger partial charge in [-0.2, -0.15) is 5.26 Å². The Balaban J connectivity index is 1.88. The van der Waals surface area contributed by atoms with E-state index in [2.05, 4.69) is 33.1 Å². The molecule has 0 bridgehead atoms. The highest BCUT2D eigenvalue weighted by atomic mass is 15.2. The topological polar surface area (TPSA) is 46.0 Å². The maximum absolute atomic E-state index is 8.86. The van der Waals surface area contributed by atoms with Gasteiger partial charge in [0.15, 0.2) is 0 Å². The van der Waals surface area contributed by atoms with Crippen LogP contribution in [0.3, 0.4) is 0 Å². The highest BCUT2D eigenvalue weighted by Crippen LogP contribution is 2.25. The van der Waals surface area contributed by atoms with Gasteiger partial charge in [-0.1, -0.05) is 42.3 Å². The Hall–Kier alpha value is -3.76. The van der Waals surface area contributed by atoms with Crippen LogP contribution >= 0.6 is 0 Å². The van der Waals surface area contributed by atoms with Crippen molar-refractivity contribution in [3.63, 3.8) is 0 Å². The zero-order chi connectivity index (χ0) is 17.2. The molecule has 2 aromatic carbocycles. The average molecular weight is 322 g/mol. The Morgan fingerprint density at radius 3 is 2.56 bits per heavy atom. The molecule has 0 spiro atoms. The lowest BCUT2D eigenvalue weighted by atomic mass is 10.2. The molecule has 0 saturated heterocycles. The number of imidazole rings is 2. The molecule has 4 rings (SSSR count). The maximum atomic E-state index is 8.86. The third-order valence-electron chi connectivity index (χ3n) is 4.16. The summed E-state index contributed by atoms with van der Waals surface area (Å²) in [5.41, 5.74) is 4.61. The van der Waals surface area contributed by atoms with E-state index in [0.717, 1.165) is 27.8 Å². The molecule has 0 unspecified atom stereocenters. The van der Waals surface area contributed by atoms with Crippen molar-refractivity contribution >= 4 is 27.8 Å². The minimum absolute atomic E-state index is 0.310. The van der Waals surface area contributed by atoms with Gasteiger partial charge in [0.2, 0.25) is 5.78 Å². The predicted molar refractivity (Wildman–Crippen MR) is 99.9 cm³/mol. The van der Waals surface area contributed by atoms with E-state index in [1.165, 1.54) is 0 Å². The second kappa shape index (κ2) is 6.03. The summed E-state index contributed by atoms with van der Waals surface area (Å²) < 4.78 is 4.33. The van der Waals surface area contributed by atoms with Crippen LogP contribution in [-0.2, 0) is 6.54 Å². The number of nitriles is 1. The molecule has 0 N–H and O–H groups in total.